The molecule has 138 valence electrons. The van der Waals surface area contributed by atoms with Crippen LogP contribution in [0.3, 0.4) is 0 Å². The lowest BCUT2D eigenvalue weighted by molar-refractivity contribution is 0.0956. The van der Waals surface area contributed by atoms with Gasteiger partial charge < -0.3 is 20.3 Å². The van der Waals surface area contributed by atoms with Gasteiger partial charge in [0, 0.05) is 24.8 Å². The second kappa shape index (κ2) is 9.46. The van der Waals surface area contributed by atoms with E-state index in [4.69, 9.17) is 4.74 Å². The van der Waals surface area contributed by atoms with Crippen molar-refractivity contribution in [1.82, 2.24) is 10.2 Å². The van der Waals surface area contributed by atoms with E-state index in [1.807, 2.05) is 38.1 Å². The van der Waals surface area contributed by atoms with E-state index in [2.05, 4.69) is 10.6 Å². The molecule has 0 heterocycles. The first kappa shape index (κ1) is 19.3. The predicted molar refractivity (Wildman–Crippen MR) is 103 cm³/mol. The van der Waals surface area contributed by atoms with Gasteiger partial charge in [-0.3, -0.25) is 4.79 Å². The zero-order valence-electron chi connectivity index (χ0n) is 15.4. The van der Waals surface area contributed by atoms with Crippen molar-refractivity contribution in [1.29, 1.82) is 0 Å². The number of amides is 3. The number of ether oxygens (including phenoxy) is 1. The van der Waals surface area contributed by atoms with Gasteiger partial charge in [-0.2, -0.15) is 0 Å². The predicted octanol–water partition coefficient (Wildman–Crippen LogP) is 3.29. The Morgan fingerprint density at radius 3 is 2.31 bits per heavy atom. The van der Waals surface area contributed by atoms with Crippen molar-refractivity contribution in [3.05, 3.63) is 59.7 Å². The molecule has 0 aliphatic carbocycles. The number of aryl methyl sites for hydroxylation is 1. The van der Waals surface area contributed by atoms with Gasteiger partial charge in [-0.1, -0.05) is 17.7 Å². The Morgan fingerprint density at radius 1 is 1.04 bits per heavy atom. The molecule has 2 N–H and O–H groups in total. The Hall–Kier alpha value is -3.02. The average molecular weight is 355 g/mol. The number of carbonyl (C=O) groups is 2. The molecule has 2 aromatic rings. The summed E-state index contributed by atoms with van der Waals surface area (Å²) < 4.78 is 5.63. The summed E-state index contributed by atoms with van der Waals surface area (Å²) in [6, 6.07) is 14.3. The molecule has 6 nitrogen and oxygen atoms in total. The fourth-order valence-electron chi connectivity index (χ4n) is 2.22. The number of nitrogens with zero attached hydrogens (tertiary/aromatic N) is 1. The number of rotatable bonds is 7. The molecule has 0 aromatic heterocycles. The van der Waals surface area contributed by atoms with Crippen LogP contribution in [0.15, 0.2) is 48.5 Å². The Morgan fingerprint density at radius 2 is 1.69 bits per heavy atom. The van der Waals surface area contributed by atoms with Crippen molar-refractivity contribution in [2.24, 2.45) is 0 Å². The molecular weight excluding hydrogens is 330 g/mol. The van der Waals surface area contributed by atoms with E-state index in [-0.39, 0.29) is 11.9 Å². The second-order valence-electron chi connectivity index (χ2n) is 5.95. The minimum absolute atomic E-state index is 0.129. The highest BCUT2D eigenvalue weighted by Crippen LogP contribution is 2.12. The monoisotopic (exact) mass is 355 g/mol. The molecule has 0 fully saturated rings. The van der Waals surface area contributed by atoms with Crippen molar-refractivity contribution < 1.29 is 14.3 Å². The van der Waals surface area contributed by atoms with E-state index < -0.39 is 0 Å². The summed E-state index contributed by atoms with van der Waals surface area (Å²) in [5.41, 5.74) is 2.37. The number of likely N-dealkylation sites (N-methyl/N-ethyl adjacent to an activating group) is 1. The van der Waals surface area contributed by atoms with Crippen molar-refractivity contribution in [3.63, 3.8) is 0 Å². The SMILES string of the molecule is CCNC(=O)c1ccc(NC(=O)N(C)CCOc2ccc(C)cc2)cc1. The summed E-state index contributed by atoms with van der Waals surface area (Å²) in [4.78, 5) is 25.5. The molecule has 26 heavy (non-hydrogen) atoms. The van der Waals surface area contributed by atoms with Crippen LogP contribution in [-0.2, 0) is 0 Å². The summed E-state index contributed by atoms with van der Waals surface area (Å²) in [7, 11) is 1.71. The average Bonchev–Trinajstić information content (AvgIpc) is 2.64. The Labute approximate surface area is 154 Å². The lowest BCUT2D eigenvalue weighted by Gasteiger charge is -2.18. The van der Waals surface area contributed by atoms with Crippen LogP contribution in [-0.4, -0.2) is 43.6 Å². The molecule has 0 aliphatic rings. The van der Waals surface area contributed by atoms with E-state index in [1.165, 1.54) is 5.56 Å². The molecule has 0 atom stereocenters. The Bertz CT molecular complexity index is 727. The fraction of sp³-hybridized carbons (Fsp3) is 0.300. The van der Waals surface area contributed by atoms with Crippen LogP contribution in [0.1, 0.15) is 22.8 Å². The second-order valence-corrected chi connectivity index (χ2v) is 5.95. The number of anilines is 1. The first-order chi connectivity index (χ1) is 12.5. The van der Waals surface area contributed by atoms with Gasteiger partial charge in [0.15, 0.2) is 0 Å². The number of hydrogen-bond acceptors (Lipinski definition) is 3. The molecule has 0 aliphatic heterocycles. The molecule has 3 amide bonds. The summed E-state index contributed by atoms with van der Waals surface area (Å²) >= 11 is 0. The normalized spacial score (nSPS) is 10.1. The van der Waals surface area contributed by atoms with Crippen LogP contribution in [0.2, 0.25) is 0 Å². The highest BCUT2D eigenvalue weighted by Gasteiger charge is 2.10. The van der Waals surface area contributed by atoms with E-state index in [1.54, 1.807) is 36.2 Å². The summed E-state index contributed by atoms with van der Waals surface area (Å²) in [5.74, 6) is 0.654. The first-order valence-corrected chi connectivity index (χ1v) is 8.59. The standard InChI is InChI=1S/C20H25N3O3/c1-4-21-19(24)16-7-9-17(10-8-16)22-20(25)23(3)13-14-26-18-11-5-15(2)6-12-18/h5-12H,4,13-14H2,1-3H3,(H,21,24)(H,22,25). The highest BCUT2D eigenvalue weighted by atomic mass is 16.5. The van der Waals surface area contributed by atoms with Crippen LogP contribution >= 0.6 is 0 Å². The number of nitrogens with one attached hydrogen (secondary N) is 2. The molecule has 0 saturated heterocycles. The molecule has 6 heteroatoms. The lowest BCUT2D eigenvalue weighted by atomic mass is 10.2. The summed E-state index contributed by atoms with van der Waals surface area (Å²) in [6.45, 7) is 5.32. The molecule has 2 aromatic carbocycles. The van der Waals surface area contributed by atoms with Gasteiger partial charge in [0.25, 0.3) is 5.91 Å². The molecule has 0 radical (unpaired) electrons. The quantitative estimate of drug-likeness (QED) is 0.801. The molecule has 2 rings (SSSR count). The summed E-state index contributed by atoms with van der Waals surface area (Å²) in [6.07, 6.45) is 0. The van der Waals surface area contributed by atoms with E-state index in [0.717, 1.165) is 5.75 Å². The van der Waals surface area contributed by atoms with Crippen LogP contribution in [0.5, 0.6) is 5.75 Å². The third-order valence-electron chi connectivity index (χ3n) is 3.80. The lowest BCUT2D eigenvalue weighted by Crippen LogP contribution is -2.34. The highest BCUT2D eigenvalue weighted by molar-refractivity contribution is 5.95. The molecule has 0 bridgehead atoms. The first-order valence-electron chi connectivity index (χ1n) is 8.59. The molecule has 0 unspecified atom stereocenters. The van der Waals surface area contributed by atoms with Crippen molar-refractivity contribution >= 4 is 17.6 Å². The van der Waals surface area contributed by atoms with Crippen LogP contribution in [0.4, 0.5) is 10.5 Å². The fourth-order valence-corrected chi connectivity index (χ4v) is 2.22. The maximum Gasteiger partial charge on any atom is 0.321 e. The largest absolute Gasteiger partial charge is 0.492 e. The zero-order chi connectivity index (χ0) is 18.9. The Balaban J connectivity index is 1.79. The van der Waals surface area contributed by atoms with Crippen molar-refractivity contribution in [3.8, 4) is 5.75 Å². The number of carbonyl (C=O) groups excluding carboxylic acids is 2. The zero-order valence-corrected chi connectivity index (χ0v) is 15.4. The molecule has 0 spiro atoms. The number of urea groups is 1. The third-order valence-corrected chi connectivity index (χ3v) is 3.80. The molecule has 0 saturated carbocycles. The summed E-state index contributed by atoms with van der Waals surface area (Å²) in [5, 5.41) is 5.53. The van der Waals surface area contributed by atoms with E-state index in [9.17, 15) is 9.59 Å². The van der Waals surface area contributed by atoms with Crippen LogP contribution < -0.4 is 15.4 Å². The smallest absolute Gasteiger partial charge is 0.321 e. The van der Waals surface area contributed by atoms with Gasteiger partial charge >= 0.3 is 6.03 Å². The minimum atomic E-state index is -0.233. The minimum Gasteiger partial charge on any atom is -0.492 e. The maximum absolute atomic E-state index is 12.2. The molecular formula is C20H25N3O3. The van der Waals surface area contributed by atoms with E-state index >= 15 is 0 Å². The van der Waals surface area contributed by atoms with Crippen molar-refractivity contribution in [2.75, 3.05) is 32.1 Å². The maximum atomic E-state index is 12.2. The van der Waals surface area contributed by atoms with Crippen molar-refractivity contribution in [2.45, 2.75) is 13.8 Å². The number of hydrogen-bond donors (Lipinski definition) is 2. The van der Waals surface area contributed by atoms with Gasteiger partial charge in [0.05, 0.1) is 6.54 Å². The van der Waals surface area contributed by atoms with Gasteiger partial charge in [0.1, 0.15) is 12.4 Å². The van der Waals surface area contributed by atoms with E-state index in [0.29, 0.717) is 30.9 Å². The van der Waals surface area contributed by atoms with Gasteiger partial charge in [0.2, 0.25) is 0 Å². The number of benzene rings is 2. The third kappa shape index (κ3) is 5.81. The van der Waals surface area contributed by atoms with Gasteiger partial charge in [-0.05, 0) is 50.2 Å². The van der Waals surface area contributed by atoms with Gasteiger partial charge in [-0.25, -0.2) is 4.79 Å². The van der Waals surface area contributed by atoms with Crippen LogP contribution in [0, 0.1) is 6.92 Å². The van der Waals surface area contributed by atoms with Gasteiger partial charge in [-0.15, -0.1) is 0 Å². The Kier molecular flexibility index (Phi) is 7.02. The van der Waals surface area contributed by atoms with Crippen LogP contribution in [0.25, 0.3) is 0 Å². The topological polar surface area (TPSA) is 70.7 Å².